The highest BCUT2D eigenvalue weighted by Gasteiger charge is 2.25. The number of aromatic carboxylic acids is 1. The number of carbonyl (C=O) groups is 1. The summed E-state index contributed by atoms with van der Waals surface area (Å²) >= 11 is 0. The molecule has 0 aliphatic heterocycles. The molecule has 2 rings (SSSR count). The molecule has 0 bridgehead atoms. The number of hydrogen-bond acceptors (Lipinski definition) is 6. The fraction of sp³-hybridized carbons (Fsp3) is 0.455. The van der Waals surface area contributed by atoms with Crippen LogP contribution in [0.5, 0.6) is 0 Å². The number of nitrogens with zero attached hydrogens (tertiary/aromatic N) is 1. The molecule has 1 saturated carbocycles. The predicted octanol–water partition coefficient (Wildman–Crippen LogP) is 0.768. The molecule has 0 radical (unpaired) electrons. The highest BCUT2D eigenvalue weighted by molar-refractivity contribution is 7.90. The molecule has 1 heterocycles. The Bertz CT molecular complexity index is 596. The van der Waals surface area contributed by atoms with Gasteiger partial charge in [0.05, 0.1) is 11.3 Å². The van der Waals surface area contributed by atoms with Crippen molar-refractivity contribution in [2.75, 3.05) is 22.8 Å². The molecular formula is C11H15N3O4S. The van der Waals surface area contributed by atoms with Crippen LogP contribution in [-0.2, 0) is 9.84 Å². The van der Waals surface area contributed by atoms with Gasteiger partial charge in [0.1, 0.15) is 5.88 Å². The standard InChI is InChI=1S/C11H15N3O4S/c1-19(17,18)6-13-10-9(14-7-2-3-7)8(11(15)16)4-5-12-10/h4-5,7,14H,2-3,6H2,1H3,(H,12,13)(H,15,16). The molecule has 7 nitrogen and oxygen atoms in total. The Labute approximate surface area is 111 Å². The van der Waals surface area contributed by atoms with E-state index in [0.29, 0.717) is 5.69 Å². The lowest BCUT2D eigenvalue weighted by molar-refractivity contribution is 0.0698. The van der Waals surface area contributed by atoms with Crippen LogP contribution in [0, 0.1) is 0 Å². The third-order valence-electron chi connectivity index (χ3n) is 2.61. The summed E-state index contributed by atoms with van der Waals surface area (Å²) in [5.74, 6) is -1.12. The van der Waals surface area contributed by atoms with Gasteiger partial charge in [-0.2, -0.15) is 0 Å². The minimum Gasteiger partial charge on any atom is -0.478 e. The Morgan fingerprint density at radius 3 is 2.74 bits per heavy atom. The van der Waals surface area contributed by atoms with Crippen molar-refractivity contribution in [1.82, 2.24) is 4.98 Å². The van der Waals surface area contributed by atoms with Crippen molar-refractivity contribution in [1.29, 1.82) is 0 Å². The Morgan fingerprint density at radius 1 is 1.53 bits per heavy atom. The molecule has 104 valence electrons. The van der Waals surface area contributed by atoms with Gasteiger partial charge in [-0.05, 0) is 18.9 Å². The first-order chi connectivity index (χ1) is 8.87. The molecule has 1 fully saturated rings. The lowest BCUT2D eigenvalue weighted by Crippen LogP contribution is -2.17. The maximum absolute atomic E-state index is 11.2. The van der Waals surface area contributed by atoms with Crippen LogP contribution >= 0.6 is 0 Å². The zero-order valence-corrected chi connectivity index (χ0v) is 11.2. The van der Waals surface area contributed by atoms with Crippen LogP contribution in [0.25, 0.3) is 0 Å². The first-order valence-electron chi connectivity index (χ1n) is 5.77. The van der Waals surface area contributed by atoms with Gasteiger partial charge in [-0.3, -0.25) is 0 Å². The molecule has 1 aliphatic rings. The number of anilines is 2. The molecule has 0 atom stereocenters. The van der Waals surface area contributed by atoms with Crippen LogP contribution in [0.15, 0.2) is 12.3 Å². The number of carboxylic acids is 1. The van der Waals surface area contributed by atoms with Gasteiger partial charge in [0.25, 0.3) is 0 Å². The molecule has 0 spiro atoms. The summed E-state index contributed by atoms with van der Waals surface area (Å²) in [7, 11) is -3.21. The summed E-state index contributed by atoms with van der Waals surface area (Å²) in [6.45, 7) is 0. The number of sulfone groups is 1. The van der Waals surface area contributed by atoms with Crippen molar-refractivity contribution in [2.45, 2.75) is 18.9 Å². The third kappa shape index (κ3) is 3.82. The van der Waals surface area contributed by atoms with Crippen LogP contribution < -0.4 is 10.6 Å². The zero-order valence-electron chi connectivity index (χ0n) is 10.4. The Kier molecular flexibility index (Phi) is 3.61. The maximum atomic E-state index is 11.2. The third-order valence-corrected chi connectivity index (χ3v) is 3.28. The topological polar surface area (TPSA) is 108 Å². The molecule has 0 amide bonds. The fourth-order valence-electron chi connectivity index (χ4n) is 1.55. The lowest BCUT2D eigenvalue weighted by atomic mass is 10.2. The van der Waals surface area contributed by atoms with Gasteiger partial charge in [-0.25, -0.2) is 18.2 Å². The van der Waals surface area contributed by atoms with E-state index < -0.39 is 15.8 Å². The smallest absolute Gasteiger partial charge is 0.337 e. The Balaban J connectivity index is 2.29. The number of carboxylic acid groups (broad SMARTS) is 1. The maximum Gasteiger partial charge on any atom is 0.337 e. The minimum atomic E-state index is -3.21. The highest BCUT2D eigenvalue weighted by Crippen LogP contribution is 2.31. The zero-order chi connectivity index (χ0) is 14.0. The summed E-state index contributed by atoms with van der Waals surface area (Å²) in [5, 5.41) is 14.9. The van der Waals surface area contributed by atoms with Crippen molar-refractivity contribution < 1.29 is 18.3 Å². The molecular weight excluding hydrogens is 270 g/mol. The Morgan fingerprint density at radius 2 is 2.21 bits per heavy atom. The van der Waals surface area contributed by atoms with E-state index in [-0.39, 0.29) is 23.3 Å². The van der Waals surface area contributed by atoms with E-state index in [2.05, 4.69) is 15.6 Å². The van der Waals surface area contributed by atoms with Gasteiger partial charge in [-0.1, -0.05) is 0 Å². The second-order valence-corrected chi connectivity index (χ2v) is 6.69. The molecule has 1 aliphatic carbocycles. The first kappa shape index (κ1) is 13.6. The average molecular weight is 285 g/mol. The van der Waals surface area contributed by atoms with Crippen molar-refractivity contribution in [2.24, 2.45) is 0 Å². The van der Waals surface area contributed by atoms with Crippen LogP contribution in [0.3, 0.4) is 0 Å². The van der Waals surface area contributed by atoms with E-state index in [1.165, 1.54) is 12.3 Å². The monoisotopic (exact) mass is 285 g/mol. The molecule has 3 N–H and O–H groups in total. The number of aromatic nitrogens is 1. The molecule has 8 heteroatoms. The second kappa shape index (κ2) is 5.04. The normalized spacial score (nSPS) is 15.0. The van der Waals surface area contributed by atoms with E-state index in [9.17, 15) is 13.2 Å². The first-order valence-corrected chi connectivity index (χ1v) is 7.83. The molecule has 0 unspecified atom stereocenters. The predicted molar refractivity (Wildman–Crippen MR) is 71.2 cm³/mol. The number of nitrogens with one attached hydrogen (secondary N) is 2. The molecule has 1 aromatic heterocycles. The van der Waals surface area contributed by atoms with Crippen LogP contribution in [0.2, 0.25) is 0 Å². The van der Waals surface area contributed by atoms with E-state index in [1.54, 1.807) is 0 Å². The SMILES string of the molecule is CS(=O)(=O)CNc1nccc(C(=O)O)c1NC1CC1. The van der Waals surface area contributed by atoms with Gasteiger partial charge in [-0.15, -0.1) is 0 Å². The van der Waals surface area contributed by atoms with E-state index >= 15 is 0 Å². The lowest BCUT2D eigenvalue weighted by Gasteiger charge is -2.14. The quantitative estimate of drug-likeness (QED) is 0.708. The summed E-state index contributed by atoms with van der Waals surface area (Å²) in [4.78, 5) is 15.2. The second-order valence-electron chi connectivity index (χ2n) is 4.55. The summed E-state index contributed by atoms with van der Waals surface area (Å²) < 4.78 is 22.3. The minimum absolute atomic E-state index is 0.0814. The van der Waals surface area contributed by atoms with Gasteiger partial charge in [0.2, 0.25) is 0 Å². The Hall–Kier alpha value is -1.83. The van der Waals surface area contributed by atoms with Crippen LogP contribution in [0.4, 0.5) is 11.5 Å². The molecule has 0 saturated heterocycles. The van der Waals surface area contributed by atoms with E-state index in [4.69, 9.17) is 5.11 Å². The van der Waals surface area contributed by atoms with E-state index in [0.717, 1.165) is 19.1 Å². The van der Waals surface area contributed by atoms with Gasteiger partial charge < -0.3 is 15.7 Å². The number of pyridine rings is 1. The van der Waals surface area contributed by atoms with Gasteiger partial charge in [0, 0.05) is 18.5 Å². The van der Waals surface area contributed by atoms with Crippen molar-refractivity contribution in [3.05, 3.63) is 17.8 Å². The summed E-state index contributed by atoms with van der Waals surface area (Å²) in [6, 6.07) is 1.62. The van der Waals surface area contributed by atoms with Crippen molar-refractivity contribution in [3.63, 3.8) is 0 Å². The van der Waals surface area contributed by atoms with Gasteiger partial charge >= 0.3 is 5.97 Å². The molecule has 0 aromatic carbocycles. The largest absolute Gasteiger partial charge is 0.478 e. The molecule has 1 aromatic rings. The highest BCUT2D eigenvalue weighted by atomic mass is 32.2. The van der Waals surface area contributed by atoms with Crippen LogP contribution in [-0.4, -0.2) is 42.7 Å². The van der Waals surface area contributed by atoms with Crippen molar-refractivity contribution in [3.8, 4) is 0 Å². The van der Waals surface area contributed by atoms with Crippen molar-refractivity contribution >= 4 is 27.3 Å². The molecule has 19 heavy (non-hydrogen) atoms. The number of rotatable bonds is 6. The van der Waals surface area contributed by atoms with E-state index in [1.807, 2.05) is 0 Å². The average Bonchev–Trinajstić information content (AvgIpc) is 3.10. The van der Waals surface area contributed by atoms with Gasteiger partial charge in [0.15, 0.2) is 15.7 Å². The van der Waals surface area contributed by atoms with Crippen LogP contribution in [0.1, 0.15) is 23.2 Å². The summed E-state index contributed by atoms with van der Waals surface area (Å²) in [6.07, 6.45) is 4.38. The number of hydrogen-bond donors (Lipinski definition) is 3. The fourth-order valence-corrected chi connectivity index (χ4v) is 1.95. The summed E-state index contributed by atoms with van der Waals surface area (Å²) in [5.41, 5.74) is 0.430.